The molecule has 3 atom stereocenters. The van der Waals surface area contributed by atoms with Crippen LogP contribution in [0, 0.1) is 5.92 Å². The van der Waals surface area contributed by atoms with Crippen LogP contribution in [0.15, 0.2) is 76.6 Å². The molecule has 3 amide bonds. The summed E-state index contributed by atoms with van der Waals surface area (Å²) in [5, 5.41) is 3.69. The van der Waals surface area contributed by atoms with E-state index in [0.717, 1.165) is 11.3 Å². The van der Waals surface area contributed by atoms with Crippen molar-refractivity contribution in [3.8, 4) is 5.75 Å². The normalized spacial score (nSPS) is 19.6. The molecule has 8 nitrogen and oxygen atoms in total. The molecule has 41 heavy (non-hydrogen) atoms. The molecule has 4 aromatic rings. The van der Waals surface area contributed by atoms with E-state index in [1.54, 1.807) is 54.6 Å². The van der Waals surface area contributed by atoms with E-state index in [1.807, 2.05) is 6.07 Å². The van der Waals surface area contributed by atoms with E-state index in [0.29, 0.717) is 47.7 Å². The van der Waals surface area contributed by atoms with Crippen molar-refractivity contribution in [3.63, 3.8) is 0 Å². The summed E-state index contributed by atoms with van der Waals surface area (Å²) in [7, 11) is 0. The molecule has 2 N–H and O–H groups in total. The van der Waals surface area contributed by atoms with Crippen LogP contribution >= 0.6 is 57.9 Å². The Bertz CT molecular complexity index is 1760. The van der Waals surface area contributed by atoms with Crippen molar-refractivity contribution in [2.75, 3.05) is 16.8 Å². The van der Waals surface area contributed by atoms with Gasteiger partial charge in [-0.2, -0.15) is 0 Å². The maximum Gasteiger partial charge on any atom is 0.305 e. The quantitative estimate of drug-likeness (QED) is 0.241. The van der Waals surface area contributed by atoms with Crippen LogP contribution in [0.25, 0.3) is 0 Å². The fourth-order valence-electron chi connectivity index (χ4n) is 4.94. The molecule has 0 aliphatic carbocycles. The second-order valence-corrected chi connectivity index (χ2v) is 12.7. The van der Waals surface area contributed by atoms with Crippen molar-refractivity contribution in [1.82, 2.24) is 4.98 Å². The van der Waals surface area contributed by atoms with Crippen LogP contribution < -0.4 is 19.8 Å². The number of ether oxygens (including phenoxy) is 1. The summed E-state index contributed by atoms with van der Waals surface area (Å²) in [6, 6.07) is 18.2. The lowest BCUT2D eigenvalue weighted by molar-refractivity contribution is -0.122. The summed E-state index contributed by atoms with van der Waals surface area (Å²) < 4.78 is 5.76. The molecule has 0 bridgehead atoms. The maximum absolute atomic E-state index is 13.8. The first-order valence-corrected chi connectivity index (χ1v) is 15.0. The predicted octanol–water partition coefficient (Wildman–Crippen LogP) is 6.21. The van der Waals surface area contributed by atoms with Crippen molar-refractivity contribution in [2.24, 2.45) is 5.92 Å². The number of anilines is 2. The number of H-pyrrole nitrogens is 1. The summed E-state index contributed by atoms with van der Waals surface area (Å²) in [6.45, 7) is -0.291. The van der Waals surface area contributed by atoms with Crippen molar-refractivity contribution >= 4 is 87.0 Å². The van der Waals surface area contributed by atoms with E-state index in [4.69, 9.17) is 39.5 Å². The van der Waals surface area contributed by atoms with Crippen LogP contribution in [-0.2, 0) is 14.4 Å². The summed E-state index contributed by atoms with van der Waals surface area (Å²) >= 11 is 20.2. The molecule has 6 rings (SSSR count). The van der Waals surface area contributed by atoms with Gasteiger partial charge in [0.25, 0.3) is 5.91 Å². The molecule has 13 heteroatoms. The van der Waals surface area contributed by atoms with Crippen molar-refractivity contribution in [3.05, 3.63) is 102 Å². The third-order valence-electron chi connectivity index (χ3n) is 6.70. The second kappa shape index (κ2) is 11.2. The number of aromatic amines is 1. The monoisotopic (exact) mass is 645 g/mol. The Balaban J connectivity index is 1.27. The number of halogens is 3. The van der Waals surface area contributed by atoms with Gasteiger partial charge >= 0.3 is 4.87 Å². The van der Waals surface area contributed by atoms with Gasteiger partial charge < -0.3 is 15.0 Å². The van der Waals surface area contributed by atoms with E-state index in [1.165, 1.54) is 22.7 Å². The van der Waals surface area contributed by atoms with Crippen LogP contribution in [0.3, 0.4) is 0 Å². The zero-order valence-corrected chi connectivity index (χ0v) is 24.6. The number of benzene rings is 3. The minimum Gasteiger partial charge on any atom is -0.484 e. The third kappa shape index (κ3) is 5.38. The number of carbonyl (C=O) groups is 3. The van der Waals surface area contributed by atoms with Crippen LogP contribution in [-0.4, -0.2) is 34.6 Å². The Morgan fingerprint density at radius 1 is 0.951 bits per heavy atom. The smallest absolute Gasteiger partial charge is 0.305 e. The van der Waals surface area contributed by atoms with Crippen molar-refractivity contribution < 1.29 is 19.1 Å². The lowest BCUT2D eigenvalue weighted by Gasteiger charge is -2.30. The highest BCUT2D eigenvalue weighted by Crippen LogP contribution is 2.53. The second-order valence-electron chi connectivity index (χ2n) is 9.28. The van der Waals surface area contributed by atoms with Crippen molar-refractivity contribution in [2.45, 2.75) is 16.2 Å². The van der Waals surface area contributed by atoms with Gasteiger partial charge in [-0.05, 0) is 60.2 Å². The molecule has 208 valence electrons. The number of rotatable bonds is 6. The number of fused-ring (bicyclic) bond motifs is 2. The van der Waals surface area contributed by atoms with Gasteiger partial charge in [-0.3, -0.25) is 19.2 Å². The topological polar surface area (TPSA) is 109 Å². The van der Waals surface area contributed by atoms with E-state index >= 15 is 0 Å². The lowest BCUT2D eigenvalue weighted by Crippen LogP contribution is -2.32. The summed E-state index contributed by atoms with van der Waals surface area (Å²) in [6.07, 6.45) is 0. The molecular weight excluding hydrogens is 629 g/mol. The Kier molecular flexibility index (Phi) is 7.60. The highest BCUT2D eigenvalue weighted by atomic mass is 35.5. The largest absolute Gasteiger partial charge is 0.484 e. The molecule has 2 aliphatic heterocycles. The van der Waals surface area contributed by atoms with E-state index in [2.05, 4.69) is 10.3 Å². The Hall–Kier alpha value is -3.28. The molecule has 1 fully saturated rings. The zero-order chi connectivity index (χ0) is 28.8. The first-order valence-electron chi connectivity index (χ1n) is 12.2. The minimum atomic E-state index is -0.754. The Morgan fingerprint density at radius 2 is 1.73 bits per heavy atom. The number of amides is 3. The van der Waals surface area contributed by atoms with Gasteiger partial charge in [-0.25, -0.2) is 4.90 Å². The third-order valence-corrected chi connectivity index (χ3v) is 10.1. The molecule has 0 saturated carbocycles. The van der Waals surface area contributed by atoms with Crippen LogP contribution in [0.2, 0.25) is 15.1 Å². The number of imide groups is 1. The number of hydrogen-bond donors (Lipinski definition) is 2. The average Bonchev–Trinajstić information content (AvgIpc) is 3.44. The van der Waals surface area contributed by atoms with E-state index in [9.17, 15) is 19.2 Å². The maximum atomic E-state index is 13.8. The molecule has 1 aromatic heterocycles. The molecule has 3 unspecified atom stereocenters. The van der Waals surface area contributed by atoms with Gasteiger partial charge in [0.2, 0.25) is 11.8 Å². The van der Waals surface area contributed by atoms with Gasteiger partial charge in [-0.15, -0.1) is 0 Å². The summed E-state index contributed by atoms with van der Waals surface area (Å²) in [5.74, 6) is -2.08. The number of hydrogen-bond acceptors (Lipinski definition) is 7. The molecule has 1 saturated heterocycles. The number of thioether (sulfide) groups is 1. The number of nitrogens with zero attached hydrogens (tertiary/aromatic N) is 1. The predicted molar refractivity (Wildman–Crippen MR) is 161 cm³/mol. The molecule has 3 aromatic carbocycles. The summed E-state index contributed by atoms with van der Waals surface area (Å²) in [5.41, 5.74) is 1.58. The average molecular weight is 647 g/mol. The molecule has 3 heterocycles. The Morgan fingerprint density at radius 3 is 2.49 bits per heavy atom. The van der Waals surface area contributed by atoms with Crippen molar-refractivity contribution in [1.29, 1.82) is 0 Å². The van der Waals surface area contributed by atoms with Crippen LogP contribution in [0.5, 0.6) is 5.75 Å². The molecular formula is C28H18Cl3N3O5S2. The fourth-order valence-corrected chi connectivity index (χ4v) is 7.88. The Labute approximate surface area is 256 Å². The van der Waals surface area contributed by atoms with Gasteiger partial charge in [0.05, 0.1) is 26.7 Å². The van der Waals surface area contributed by atoms with Gasteiger partial charge in [0.1, 0.15) is 11.0 Å². The number of aromatic nitrogens is 1. The standard InChI is InChI=1S/C28H18Cl3N3O5S2/c29-14-4-7-16(8-5-14)34-26(36)22-21(23-25(33-28(38)41-23)40-24(22)27(34)37)13-2-1-3-17(10-13)39-12-20(35)32-15-6-9-18(30)19(31)11-15/h1-11,21-22,24H,12H2,(H,32,35)(H,33,38). The molecule has 0 spiro atoms. The lowest BCUT2D eigenvalue weighted by atomic mass is 9.83. The number of carbonyl (C=O) groups excluding carboxylic acids is 3. The molecule has 0 radical (unpaired) electrons. The molecule has 2 aliphatic rings. The van der Waals surface area contributed by atoms with Gasteiger partial charge in [0.15, 0.2) is 6.61 Å². The fraction of sp³-hybridized carbons (Fsp3) is 0.143. The highest BCUT2D eigenvalue weighted by molar-refractivity contribution is 8.00. The first kappa shape index (κ1) is 27.9. The van der Waals surface area contributed by atoms with Gasteiger partial charge in [-0.1, -0.05) is 70.0 Å². The van der Waals surface area contributed by atoms with Crippen LogP contribution in [0.1, 0.15) is 16.4 Å². The van der Waals surface area contributed by atoms with E-state index in [-0.39, 0.29) is 23.3 Å². The minimum absolute atomic E-state index is 0.270. The highest BCUT2D eigenvalue weighted by Gasteiger charge is 2.56. The first-order chi connectivity index (χ1) is 19.7. The summed E-state index contributed by atoms with van der Waals surface area (Å²) in [4.78, 5) is 56.6. The van der Waals surface area contributed by atoms with E-state index < -0.39 is 23.0 Å². The zero-order valence-electron chi connectivity index (χ0n) is 20.7. The van der Waals surface area contributed by atoms with Gasteiger partial charge in [0, 0.05) is 21.5 Å². The van der Waals surface area contributed by atoms with Crippen LogP contribution in [0.4, 0.5) is 11.4 Å². The number of nitrogens with one attached hydrogen (secondary N) is 2. The SMILES string of the molecule is O=C(COc1cccc(C2c3sc(=O)[nH]c3SC3C(=O)N(c4ccc(Cl)cc4)C(=O)C32)c1)Nc1ccc(Cl)c(Cl)c1. The number of thiazole rings is 1.